The van der Waals surface area contributed by atoms with Gasteiger partial charge in [0.1, 0.15) is 0 Å². The maximum absolute atomic E-state index is 11.6. The third-order valence-electron chi connectivity index (χ3n) is 2.66. The molecule has 1 amide bonds. The lowest BCUT2D eigenvalue weighted by molar-refractivity contribution is -0.384. The van der Waals surface area contributed by atoms with Crippen molar-refractivity contribution in [3.05, 3.63) is 70.0 Å². The van der Waals surface area contributed by atoms with E-state index in [-0.39, 0.29) is 11.6 Å². The first-order valence-corrected chi connectivity index (χ1v) is 5.97. The molecule has 0 bridgehead atoms. The van der Waals surface area contributed by atoms with Gasteiger partial charge in [-0.25, -0.2) is 0 Å². The number of benzene rings is 1. The first-order valence-electron chi connectivity index (χ1n) is 5.97. The molecule has 0 atom stereocenters. The second kappa shape index (κ2) is 6.33. The number of nitro benzene ring substituents is 1. The highest BCUT2D eigenvalue weighted by molar-refractivity contribution is 5.91. The van der Waals surface area contributed by atoms with Crippen molar-refractivity contribution in [3.63, 3.8) is 0 Å². The van der Waals surface area contributed by atoms with Gasteiger partial charge in [-0.2, -0.15) is 0 Å². The van der Waals surface area contributed by atoms with Crippen LogP contribution in [0, 0.1) is 10.1 Å². The zero-order valence-electron chi connectivity index (χ0n) is 10.6. The van der Waals surface area contributed by atoms with E-state index in [0.717, 1.165) is 11.1 Å². The third-order valence-corrected chi connectivity index (χ3v) is 2.66. The summed E-state index contributed by atoms with van der Waals surface area (Å²) in [6.07, 6.45) is 6.60. The summed E-state index contributed by atoms with van der Waals surface area (Å²) in [5, 5.41) is 13.2. The summed E-state index contributed by atoms with van der Waals surface area (Å²) in [6.45, 7) is 0.451. The van der Waals surface area contributed by atoms with Crippen molar-refractivity contribution in [2.24, 2.45) is 0 Å². The van der Waals surface area contributed by atoms with Gasteiger partial charge in [-0.3, -0.25) is 14.9 Å². The van der Waals surface area contributed by atoms with Crippen molar-refractivity contribution in [2.75, 3.05) is 0 Å². The van der Waals surface area contributed by atoms with Crippen molar-refractivity contribution in [3.8, 4) is 0 Å². The SMILES string of the molecule is O=C(/C=C/c1ccc([N+](=O)[O-])cc1)NCc1cc[nH]c1. The Morgan fingerprint density at radius 2 is 2.05 bits per heavy atom. The number of rotatable bonds is 5. The van der Waals surface area contributed by atoms with Gasteiger partial charge >= 0.3 is 0 Å². The van der Waals surface area contributed by atoms with Gasteiger partial charge in [-0.05, 0) is 35.4 Å². The highest BCUT2D eigenvalue weighted by Gasteiger charge is 2.02. The van der Waals surface area contributed by atoms with Gasteiger partial charge in [0, 0.05) is 37.1 Å². The molecular weight excluding hydrogens is 258 g/mol. The monoisotopic (exact) mass is 271 g/mol. The van der Waals surface area contributed by atoms with Crippen LogP contribution in [0.25, 0.3) is 6.08 Å². The Bertz CT molecular complexity index is 616. The van der Waals surface area contributed by atoms with Crippen molar-refractivity contribution >= 4 is 17.7 Å². The molecule has 20 heavy (non-hydrogen) atoms. The van der Waals surface area contributed by atoms with Crippen LogP contribution >= 0.6 is 0 Å². The highest BCUT2D eigenvalue weighted by Crippen LogP contribution is 2.12. The number of nitrogens with one attached hydrogen (secondary N) is 2. The number of carbonyl (C=O) groups excluding carboxylic acids is 1. The Kier molecular flexibility index (Phi) is 4.28. The molecule has 0 saturated heterocycles. The molecule has 0 spiro atoms. The number of H-pyrrole nitrogens is 1. The molecule has 6 heteroatoms. The van der Waals surface area contributed by atoms with Gasteiger partial charge in [-0.15, -0.1) is 0 Å². The summed E-state index contributed by atoms with van der Waals surface area (Å²) in [4.78, 5) is 24.5. The molecule has 2 N–H and O–H groups in total. The molecule has 0 aliphatic heterocycles. The van der Waals surface area contributed by atoms with Crippen LogP contribution in [0.4, 0.5) is 5.69 Å². The van der Waals surface area contributed by atoms with Gasteiger partial charge in [0.2, 0.25) is 5.91 Å². The summed E-state index contributed by atoms with van der Waals surface area (Å²) < 4.78 is 0. The van der Waals surface area contributed by atoms with Crippen LogP contribution in [0.5, 0.6) is 0 Å². The Hall–Kier alpha value is -2.89. The fourth-order valence-electron chi connectivity index (χ4n) is 1.60. The van der Waals surface area contributed by atoms with Gasteiger partial charge in [0.25, 0.3) is 5.69 Å². The molecule has 0 radical (unpaired) electrons. The quantitative estimate of drug-likeness (QED) is 0.496. The number of nitro groups is 1. The fraction of sp³-hybridized carbons (Fsp3) is 0.0714. The molecule has 0 aliphatic rings. The normalized spacial score (nSPS) is 10.6. The first-order chi connectivity index (χ1) is 9.65. The lowest BCUT2D eigenvalue weighted by atomic mass is 10.2. The molecule has 0 aliphatic carbocycles. The number of hydrogen-bond donors (Lipinski definition) is 2. The number of non-ortho nitro benzene ring substituents is 1. The number of aromatic amines is 1. The number of nitrogens with zero attached hydrogens (tertiary/aromatic N) is 1. The minimum atomic E-state index is -0.461. The second-order valence-corrected chi connectivity index (χ2v) is 4.12. The van der Waals surface area contributed by atoms with Crippen LogP contribution in [-0.4, -0.2) is 15.8 Å². The van der Waals surface area contributed by atoms with Crippen molar-refractivity contribution < 1.29 is 9.72 Å². The van der Waals surface area contributed by atoms with E-state index >= 15 is 0 Å². The minimum absolute atomic E-state index is 0.0269. The van der Waals surface area contributed by atoms with Crippen LogP contribution in [-0.2, 0) is 11.3 Å². The number of hydrogen-bond acceptors (Lipinski definition) is 3. The molecular formula is C14H13N3O3. The Morgan fingerprint density at radius 3 is 2.65 bits per heavy atom. The largest absolute Gasteiger partial charge is 0.367 e. The molecule has 0 saturated carbocycles. The smallest absolute Gasteiger partial charge is 0.269 e. The Morgan fingerprint density at radius 1 is 1.30 bits per heavy atom. The van der Waals surface area contributed by atoms with Crippen LogP contribution in [0.2, 0.25) is 0 Å². The van der Waals surface area contributed by atoms with Gasteiger partial charge in [0.15, 0.2) is 0 Å². The van der Waals surface area contributed by atoms with E-state index in [1.165, 1.54) is 18.2 Å². The maximum atomic E-state index is 11.6. The van der Waals surface area contributed by atoms with Crippen LogP contribution in [0.15, 0.2) is 48.8 Å². The fourth-order valence-corrected chi connectivity index (χ4v) is 1.60. The molecule has 1 aromatic carbocycles. The predicted molar refractivity (Wildman–Crippen MR) is 74.8 cm³/mol. The van der Waals surface area contributed by atoms with Crippen LogP contribution in [0.1, 0.15) is 11.1 Å². The maximum Gasteiger partial charge on any atom is 0.269 e. The van der Waals surface area contributed by atoms with Crippen LogP contribution in [0.3, 0.4) is 0 Å². The Balaban J connectivity index is 1.88. The summed E-state index contributed by atoms with van der Waals surface area (Å²) in [6, 6.07) is 7.86. The summed E-state index contributed by atoms with van der Waals surface area (Å²) in [5.41, 5.74) is 1.74. The molecule has 1 heterocycles. The molecule has 2 rings (SSSR count). The summed E-state index contributed by atoms with van der Waals surface area (Å²) >= 11 is 0. The van der Waals surface area contributed by atoms with E-state index in [9.17, 15) is 14.9 Å². The highest BCUT2D eigenvalue weighted by atomic mass is 16.6. The zero-order valence-corrected chi connectivity index (χ0v) is 10.6. The van der Waals surface area contributed by atoms with Gasteiger partial charge < -0.3 is 10.3 Å². The van der Waals surface area contributed by atoms with E-state index in [1.807, 2.05) is 6.07 Å². The lowest BCUT2D eigenvalue weighted by Crippen LogP contribution is -2.19. The molecule has 102 valence electrons. The van der Waals surface area contributed by atoms with E-state index in [1.54, 1.807) is 30.6 Å². The van der Waals surface area contributed by atoms with Gasteiger partial charge in [-0.1, -0.05) is 0 Å². The number of carbonyl (C=O) groups is 1. The average molecular weight is 271 g/mol. The predicted octanol–water partition coefficient (Wildman–Crippen LogP) is 2.25. The summed E-state index contributed by atoms with van der Waals surface area (Å²) in [7, 11) is 0. The van der Waals surface area contributed by atoms with Crippen molar-refractivity contribution in [1.29, 1.82) is 0 Å². The van der Waals surface area contributed by atoms with E-state index in [2.05, 4.69) is 10.3 Å². The standard InChI is InChI=1S/C14H13N3O3/c18-14(16-10-12-7-8-15-9-12)6-3-11-1-4-13(5-2-11)17(19)20/h1-9,15H,10H2,(H,16,18)/b6-3+. The zero-order chi connectivity index (χ0) is 14.4. The number of amides is 1. The summed E-state index contributed by atoms with van der Waals surface area (Å²) in [5.74, 6) is -0.218. The second-order valence-electron chi connectivity index (χ2n) is 4.12. The number of aromatic nitrogens is 1. The van der Waals surface area contributed by atoms with Crippen molar-refractivity contribution in [2.45, 2.75) is 6.54 Å². The molecule has 6 nitrogen and oxygen atoms in total. The lowest BCUT2D eigenvalue weighted by Gasteiger charge is -1.99. The topological polar surface area (TPSA) is 88.0 Å². The first kappa shape index (κ1) is 13.5. The van der Waals surface area contributed by atoms with E-state index in [4.69, 9.17) is 0 Å². The third kappa shape index (κ3) is 3.81. The molecule has 0 unspecified atom stereocenters. The molecule has 2 aromatic rings. The Labute approximate surface area is 115 Å². The minimum Gasteiger partial charge on any atom is -0.367 e. The molecule has 1 aromatic heterocycles. The van der Waals surface area contributed by atoms with E-state index in [0.29, 0.717) is 6.54 Å². The average Bonchev–Trinajstić information content (AvgIpc) is 2.96. The van der Waals surface area contributed by atoms with E-state index < -0.39 is 4.92 Å². The van der Waals surface area contributed by atoms with Crippen molar-refractivity contribution in [1.82, 2.24) is 10.3 Å². The van der Waals surface area contributed by atoms with Gasteiger partial charge in [0.05, 0.1) is 4.92 Å². The molecule has 0 fully saturated rings. The van der Waals surface area contributed by atoms with Crippen LogP contribution < -0.4 is 5.32 Å².